The highest BCUT2D eigenvalue weighted by molar-refractivity contribution is 7.50. The van der Waals surface area contributed by atoms with Crippen LogP contribution in [0, 0.1) is 5.92 Å². The second-order valence-corrected chi connectivity index (χ2v) is 12.6. The first kappa shape index (κ1) is 35.9. The summed E-state index contributed by atoms with van der Waals surface area (Å²) in [6, 6.07) is 18.9. The van der Waals surface area contributed by atoms with Crippen molar-refractivity contribution in [1.29, 1.82) is 0 Å². The van der Waals surface area contributed by atoms with Crippen LogP contribution in [-0.2, 0) is 47.5 Å². The minimum atomic E-state index is -4.25. The van der Waals surface area contributed by atoms with Gasteiger partial charge in [-0.05, 0) is 46.7 Å². The lowest BCUT2D eigenvalue weighted by molar-refractivity contribution is -0.141. The van der Waals surface area contributed by atoms with E-state index < -0.39 is 68.2 Å². The summed E-state index contributed by atoms with van der Waals surface area (Å²) in [7, 11) is -4.25. The number of benzene rings is 3. The summed E-state index contributed by atoms with van der Waals surface area (Å²) in [6.07, 6.45) is -0.210. The third-order valence-corrected chi connectivity index (χ3v) is 7.97. The molecule has 0 aliphatic rings. The van der Waals surface area contributed by atoms with E-state index in [2.05, 4.69) is 16.0 Å². The average Bonchev–Trinajstić information content (AvgIpc) is 2.98. The summed E-state index contributed by atoms with van der Waals surface area (Å²) in [5.41, 5.74) is 7.41. The Balaban J connectivity index is 1.47. The molecule has 0 aromatic heterocycles. The van der Waals surface area contributed by atoms with Gasteiger partial charge in [-0.2, -0.15) is 0 Å². The fourth-order valence-corrected chi connectivity index (χ4v) is 5.70. The maximum atomic E-state index is 12.8. The highest BCUT2D eigenvalue weighted by Gasteiger charge is 2.25. The van der Waals surface area contributed by atoms with Crippen molar-refractivity contribution in [1.82, 2.24) is 16.0 Å². The van der Waals surface area contributed by atoms with Crippen molar-refractivity contribution in [2.45, 2.75) is 50.7 Å². The molecule has 46 heavy (non-hydrogen) atoms. The lowest BCUT2D eigenvalue weighted by atomic mass is 9.94. The van der Waals surface area contributed by atoms with Crippen LogP contribution in [0.3, 0.4) is 0 Å². The quantitative estimate of drug-likeness (QED) is 0.0783. The number of carboxylic acid groups (broad SMARTS) is 1. The van der Waals surface area contributed by atoms with Gasteiger partial charge in [0, 0.05) is 19.5 Å². The highest BCUT2D eigenvalue weighted by atomic mass is 31.2. The molecular formula is C32H39N4O9P. The Hall–Kier alpha value is -4.58. The van der Waals surface area contributed by atoms with Crippen molar-refractivity contribution in [3.05, 3.63) is 83.4 Å². The smallest absolute Gasteiger partial charge is 0.329 e. The molecule has 0 aliphatic carbocycles. The molecule has 14 heteroatoms. The number of hydrogen-bond acceptors (Lipinski definition) is 6. The molecule has 246 valence electrons. The third kappa shape index (κ3) is 12.4. The molecule has 0 saturated heterocycles. The Kier molecular flexibility index (Phi) is 13.4. The number of hydrogen-bond donors (Lipinski definition) is 7. The van der Waals surface area contributed by atoms with Crippen LogP contribution in [0.15, 0.2) is 66.7 Å². The maximum absolute atomic E-state index is 12.8. The van der Waals surface area contributed by atoms with Gasteiger partial charge in [-0.15, -0.1) is 0 Å². The second-order valence-electron chi connectivity index (χ2n) is 11.0. The first-order valence-corrected chi connectivity index (χ1v) is 16.5. The van der Waals surface area contributed by atoms with Gasteiger partial charge in [-0.3, -0.25) is 28.5 Å². The summed E-state index contributed by atoms with van der Waals surface area (Å²) in [4.78, 5) is 79.4. The van der Waals surface area contributed by atoms with Crippen molar-refractivity contribution in [3.63, 3.8) is 0 Å². The van der Waals surface area contributed by atoms with Crippen molar-refractivity contribution in [2.24, 2.45) is 11.7 Å². The van der Waals surface area contributed by atoms with E-state index in [1.165, 1.54) is 12.1 Å². The summed E-state index contributed by atoms with van der Waals surface area (Å²) < 4.78 is 11.2. The molecule has 13 nitrogen and oxygen atoms in total. The monoisotopic (exact) mass is 654 g/mol. The van der Waals surface area contributed by atoms with E-state index in [1.54, 1.807) is 12.1 Å². The molecule has 3 aromatic carbocycles. The molecule has 0 saturated carbocycles. The van der Waals surface area contributed by atoms with Crippen molar-refractivity contribution in [2.75, 3.05) is 13.1 Å². The number of nitrogens with one attached hydrogen (secondary N) is 3. The number of aryl methyl sites for hydroxylation is 1. The Labute approximate surface area is 266 Å². The predicted octanol–water partition coefficient (Wildman–Crippen LogP) is 1.77. The molecule has 0 spiro atoms. The van der Waals surface area contributed by atoms with Gasteiger partial charge in [0.25, 0.3) is 0 Å². The van der Waals surface area contributed by atoms with Crippen molar-refractivity contribution in [3.8, 4) is 0 Å². The molecule has 3 aromatic rings. The van der Waals surface area contributed by atoms with Gasteiger partial charge in [0.2, 0.25) is 23.6 Å². The molecule has 0 fully saturated rings. The first-order chi connectivity index (χ1) is 21.8. The fraction of sp³-hybridized carbons (Fsp3) is 0.344. The van der Waals surface area contributed by atoms with E-state index >= 15 is 0 Å². The lowest BCUT2D eigenvalue weighted by Crippen LogP contribution is -2.49. The average molecular weight is 655 g/mol. The third-order valence-electron chi connectivity index (χ3n) is 7.20. The molecule has 0 unspecified atom stereocenters. The second kappa shape index (κ2) is 17.2. The number of carbonyl (C=O) groups is 5. The number of fused-ring (bicyclic) bond motifs is 1. The van der Waals surface area contributed by atoms with E-state index in [1.807, 2.05) is 42.5 Å². The summed E-state index contributed by atoms with van der Waals surface area (Å²) in [5.74, 6) is -4.75. The van der Waals surface area contributed by atoms with Gasteiger partial charge in [0.05, 0.1) is 24.9 Å². The lowest BCUT2D eigenvalue weighted by Gasteiger charge is -2.18. The van der Waals surface area contributed by atoms with E-state index in [9.17, 15) is 33.6 Å². The molecule has 4 amide bonds. The zero-order chi connectivity index (χ0) is 33.7. The van der Waals surface area contributed by atoms with E-state index in [-0.39, 0.29) is 19.4 Å². The Morgan fingerprint density at radius 2 is 1.46 bits per heavy atom. The van der Waals surface area contributed by atoms with E-state index in [0.29, 0.717) is 30.5 Å². The number of nitrogens with two attached hydrogens (primary N) is 1. The van der Waals surface area contributed by atoms with Crippen LogP contribution in [0.25, 0.3) is 10.8 Å². The van der Waals surface area contributed by atoms with Crippen molar-refractivity contribution < 1.29 is 43.4 Å². The summed E-state index contributed by atoms with van der Waals surface area (Å²) in [6.45, 7) is 0.151. The van der Waals surface area contributed by atoms with Gasteiger partial charge < -0.3 is 36.6 Å². The van der Waals surface area contributed by atoms with Crippen LogP contribution in [0.4, 0.5) is 0 Å². The number of rotatable bonds is 18. The molecule has 2 atom stereocenters. The summed E-state index contributed by atoms with van der Waals surface area (Å²) >= 11 is 0. The molecule has 0 aliphatic heterocycles. The number of carbonyl (C=O) groups excluding carboxylic acids is 4. The number of aliphatic carboxylic acids is 1. The Morgan fingerprint density at radius 3 is 2.13 bits per heavy atom. The van der Waals surface area contributed by atoms with E-state index in [4.69, 9.17) is 15.5 Å². The molecule has 0 bridgehead atoms. The Morgan fingerprint density at radius 1 is 0.804 bits per heavy atom. The molecular weight excluding hydrogens is 615 g/mol. The van der Waals surface area contributed by atoms with Crippen LogP contribution < -0.4 is 21.7 Å². The van der Waals surface area contributed by atoms with Gasteiger partial charge >= 0.3 is 13.6 Å². The first-order valence-electron chi connectivity index (χ1n) is 14.7. The normalized spacial score (nSPS) is 12.6. The molecule has 8 N–H and O–H groups in total. The molecule has 0 radical (unpaired) electrons. The van der Waals surface area contributed by atoms with Gasteiger partial charge in [-0.25, -0.2) is 0 Å². The predicted molar refractivity (Wildman–Crippen MR) is 170 cm³/mol. The van der Waals surface area contributed by atoms with Crippen LogP contribution in [0.1, 0.15) is 42.4 Å². The zero-order valence-electron chi connectivity index (χ0n) is 25.2. The van der Waals surface area contributed by atoms with Gasteiger partial charge in [0.1, 0.15) is 6.04 Å². The van der Waals surface area contributed by atoms with E-state index in [0.717, 1.165) is 16.3 Å². The Bertz CT molecular complexity index is 1580. The van der Waals surface area contributed by atoms with Crippen LogP contribution in [0.2, 0.25) is 0 Å². The van der Waals surface area contributed by atoms with Crippen molar-refractivity contribution >= 4 is 48.0 Å². The van der Waals surface area contributed by atoms with Crippen LogP contribution in [0.5, 0.6) is 0 Å². The standard InChI is InChI=1S/C32H39N4O9P/c33-28(37)19-27(32(42)34-15-4-8-24-7-3-6-23-5-1-2-9-26(23)24)36-29(38)14-16-35-31(41)25(18-30(39)40)17-21-10-12-22(13-11-21)20-46(43,44)45/h1-3,5-7,9-13,25,27H,4,8,14-20H2,(H2,33,37)(H,34,42)(H,35,41)(H,36,38)(H,39,40)(H2,43,44,45)/t25-,27+/m1/s1. The molecule has 0 heterocycles. The minimum absolute atomic E-state index is 0.0435. The van der Waals surface area contributed by atoms with Crippen LogP contribution in [-0.4, -0.2) is 63.6 Å². The largest absolute Gasteiger partial charge is 0.481 e. The van der Waals surface area contributed by atoms with Gasteiger partial charge in [0.15, 0.2) is 0 Å². The molecule has 3 rings (SSSR count). The zero-order valence-corrected chi connectivity index (χ0v) is 26.1. The number of amides is 4. The number of carboxylic acids is 1. The minimum Gasteiger partial charge on any atom is -0.481 e. The summed E-state index contributed by atoms with van der Waals surface area (Å²) in [5, 5.41) is 19.3. The topological polar surface area (TPSA) is 225 Å². The SMILES string of the molecule is NC(=O)C[C@H](NC(=O)CCNC(=O)[C@@H](CC(=O)O)Cc1ccc(CP(=O)(O)O)cc1)C(=O)NCCCc1cccc2ccccc12. The highest BCUT2D eigenvalue weighted by Crippen LogP contribution is 2.39. The number of primary amides is 1. The maximum Gasteiger partial charge on any atom is 0.329 e. The van der Waals surface area contributed by atoms with Gasteiger partial charge in [-0.1, -0.05) is 66.7 Å². The van der Waals surface area contributed by atoms with Crippen LogP contribution >= 0.6 is 7.60 Å². The fourth-order valence-electron chi connectivity index (χ4n) is 5.02.